The van der Waals surface area contributed by atoms with Crippen molar-refractivity contribution in [1.82, 2.24) is 4.98 Å². The average Bonchev–Trinajstić information content (AvgIpc) is 3.39. The highest BCUT2D eigenvalue weighted by Crippen LogP contribution is 2.49. The number of fused-ring (bicyclic) bond motifs is 1. The van der Waals surface area contributed by atoms with Gasteiger partial charge in [0, 0.05) is 11.5 Å². The lowest BCUT2D eigenvalue weighted by Crippen LogP contribution is -2.15. The Morgan fingerprint density at radius 3 is 2.61 bits per heavy atom. The highest BCUT2D eigenvalue weighted by molar-refractivity contribution is 7.21. The lowest BCUT2D eigenvalue weighted by atomic mass is 10.1. The van der Waals surface area contributed by atoms with Gasteiger partial charge >= 0.3 is 0 Å². The van der Waals surface area contributed by atoms with Gasteiger partial charge in [-0.1, -0.05) is 42.5 Å². The number of thiazole rings is 1. The summed E-state index contributed by atoms with van der Waals surface area (Å²) in [5, 5.41) is 3.91. The van der Waals surface area contributed by atoms with Gasteiger partial charge in [-0.05, 0) is 48.2 Å². The zero-order valence-electron chi connectivity index (χ0n) is 14.9. The molecule has 5 rings (SSSR count). The van der Waals surface area contributed by atoms with E-state index in [-0.39, 0.29) is 23.6 Å². The van der Waals surface area contributed by atoms with E-state index in [4.69, 9.17) is 4.98 Å². The summed E-state index contributed by atoms with van der Waals surface area (Å²) in [6.45, 7) is 0. The molecule has 1 aliphatic carbocycles. The Labute approximate surface area is 165 Å². The predicted molar refractivity (Wildman–Crippen MR) is 111 cm³/mol. The molecule has 1 heterocycles. The molecule has 1 saturated carbocycles. The van der Waals surface area contributed by atoms with Crippen LogP contribution >= 0.6 is 11.3 Å². The number of amides is 1. The Morgan fingerprint density at radius 1 is 1.00 bits per heavy atom. The minimum Gasteiger partial charge on any atom is -0.325 e. The number of aromatic nitrogens is 1. The van der Waals surface area contributed by atoms with Crippen LogP contribution in [0, 0.1) is 11.7 Å². The molecular weight excluding hydrogens is 371 g/mol. The number of para-hydroxylation sites is 2. The first kappa shape index (κ1) is 17.1. The molecular formula is C23H17FN2OS. The van der Waals surface area contributed by atoms with Gasteiger partial charge in [0.25, 0.3) is 0 Å². The molecule has 138 valence electrons. The van der Waals surface area contributed by atoms with Crippen molar-refractivity contribution >= 4 is 33.1 Å². The van der Waals surface area contributed by atoms with Gasteiger partial charge in [-0.3, -0.25) is 4.79 Å². The van der Waals surface area contributed by atoms with Crippen molar-refractivity contribution in [3.63, 3.8) is 0 Å². The van der Waals surface area contributed by atoms with Crippen LogP contribution in [0.2, 0.25) is 0 Å². The van der Waals surface area contributed by atoms with Crippen LogP contribution in [0.15, 0.2) is 72.8 Å². The molecule has 1 amide bonds. The smallest absolute Gasteiger partial charge is 0.228 e. The second-order valence-corrected chi connectivity index (χ2v) is 8.02. The standard InChI is InChI=1S/C23H17FN2OS/c24-18-9-3-1-7-14(18)16-13-17(16)22(27)25-19-10-4-2-8-15(19)23-26-20-11-5-6-12-21(20)28-23/h1-12,16-17H,13H2,(H,25,27). The molecule has 0 saturated heterocycles. The third-order valence-corrected chi connectivity index (χ3v) is 6.21. The fraction of sp³-hybridized carbons (Fsp3) is 0.130. The molecule has 1 N–H and O–H groups in total. The van der Waals surface area contributed by atoms with Gasteiger partial charge in [-0.15, -0.1) is 11.3 Å². The van der Waals surface area contributed by atoms with Crippen molar-refractivity contribution < 1.29 is 9.18 Å². The van der Waals surface area contributed by atoms with E-state index in [1.165, 1.54) is 6.07 Å². The molecule has 1 aliphatic rings. The van der Waals surface area contributed by atoms with E-state index in [1.54, 1.807) is 23.5 Å². The van der Waals surface area contributed by atoms with Crippen molar-refractivity contribution in [2.45, 2.75) is 12.3 Å². The second kappa shape index (κ2) is 6.84. The second-order valence-electron chi connectivity index (χ2n) is 6.99. The first-order valence-corrected chi connectivity index (χ1v) is 10.0. The number of benzene rings is 3. The molecule has 2 atom stereocenters. The van der Waals surface area contributed by atoms with E-state index >= 15 is 0 Å². The summed E-state index contributed by atoms with van der Waals surface area (Å²) in [4.78, 5) is 17.5. The topological polar surface area (TPSA) is 42.0 Å². The van der Waals surface area contributed by atoms with Crippen molar-refractivity contribution in [2.24, 2.45) is 5.92 Å². The van der Waals surface area contributed by atoms with Crippen molar-refractivity contribution in [3.8, 4) is 10.6 Å². The van der Waals surface area contributed by atoms with Crippen LogP contribution in [-0.2, 0) is 4.79 Å². The fourth-order valence-corrected chi connectivity index (χ4v) is 4.60. The van der Waals surface area contributed by atoms with Gasteiger partial charge < -0.3 is 5.32 Å². The summed E-state index contributed by atoms with van der Waals surface area (Å²) in [7, 11) is 0. The highest BCUT2D eigenvalue weighted by atomic mass is 32.1. The van der Waals surface area contributed by atoms with Gasteiger partial charge in [-0.25, -0.2) is 9.37 Å². The zero-order valence-corrected chi connectivity index (χ0v) is 15.7. The summed E-state index contributed by atoms with van der Waals surface area (Å²) in [5.41, 5.74) is 3.22. The number of hydrogen-bond acceptors (Lipinski definition) is 3. The Morgan fingerprint density at radius 2 is 1.75 bits per heavy atom. The molecule has 1 fully saturated rings. The minimum atomic E-state index is -0.238. The average molecular weight is 388 g/mol. The van der Waals surface area contributed by atoms with Crippen molar-refractivity contribution in [2.75, 3.05) is 5.32 Å². The maximum absolute atomic E-state index is 14.0. The minimum absolute atomic E-state index is 0.0455. The Kier molecular flexibility index (Phi) is 4.17. The third-order valence-electron chi connectivity index (χ3n) is 5.14. The van der Waals surface area contributed by atoms with E-state index in [2.05, 4.69) is 5.32 Å². The van der Waals surface area contributed by atoms with Gasteiger partial charge in [0.05, 0.1) is 15.9 Å². The largest absolute Gasteiger partial charge is 0.325 e. The van der Waals surface area contributed by atoms with Gasteiger partial charge in [-0.2, -0.15) is 0 Å². The fourth-order valence-electron chi connectivity index (χ4n) is 3.60. The molecule has 1 aromatic heterocycles. The van der Waals surface area contributed by atoms with Crippen LogP contribution in [0.25, 0.3) is 20.8 Å². The molecule has 0 radical (unpaired) electrons. The molecule has 4 aromatic rings. The number of carbonyl (C=O) groups excluding carboxylic acids is 1. The molecule has 5 heteroatoms. The first-order valence-electron chi connectivity index (χ1n) is 9.21. The summed E-state index contributed by atoms with van der Waals surface area (Å²) < 4.78 is 15.1. The quantitative estimate of drug-likeness (QED) is 0.477. The van der Waals surface area contributed by atoms with Crippen molar-refractivity contribution in [1.29, 1.82) is 0 Å². The Bertz CT molecular complexity index is 1150. The number of rotatable bonds is 4. The molecule has 2 unspecified atom stereocenters. The summed E-state index contributed by atoms with van der Waals surface area (Å²) in [5.74, 6) is -0.546. The molecule has 3 aromatic carbocycles. The van der Waals surface area contributed by atoms with Crippen molar-refractivity contribution in [3.05, 3.63) is 84.2 Å². The summed E-state index contributed by atoms with van der Waals surface area (Å²) >= 11 is 1.60. The Hall–Kier alpha value is -3.05. The van der Waals surface area contributed by atoms with E-state index in [0.717, 1.165) is 26.5 Å². The van der Waals surface area contributed by atoms with Crippen LogP contribution in [0.5, 0.6) is 0 Å². The van der Waals surface area contributed by atoms with Crippen LogP contribution in [-0.4, -0.2) is 10.9 Å². The van der Waals surface area contributed by atoms with E-state index in [0.29, 0.717) is 12.0 Å². The molecule has 0 aliphatic heterocycles. The number of nitrogens with one attached hydrogen (secondary N) is 1. The maximum Gasteiger partial charge on any atom is 0.228 e. The van der Waals surface area contributed by atoms with Gasteiger partial charge in [0.15, 0.2) is 0 Å². The lowest BCUT2D eigenvalue weighted by Gasteiger charge is -2.09. The lowest BCUT2D eigenvalue weighted by molar-refractivity contribution is -0.117. The van der Waals surface area contributed by atoms with E-state index in [9.17, 15) is 9.18 Å². The maximum atomic E-state index is 14.0. The number of nitrogens with zero attached hydrogens (tertiary/aromatic N) is 1. The normalized spacial score (nSPS) is 18.2. The number of anilines is 1. The summed E-state index contributed by atoms with van der Waals surface area (Å²) in [6, 6.07) is 22.4. The number of carbonyl (C=O) groups is 1. The Balaban J connectivity index is 1.39. The molecule has 0 bridgehead atoms. The van der Waals surface area contributed by atoms with Gasteiger partial charge in [0.2, 0.25) is 5.91 Å². The monoisotopic (exact) mass is 388 g/mol. The van der Waals surface area contributed by atoms with Crippen LogP contribution < -0.4 is 5.32 Å². The summed E-state index contributed by atoms with van der Waals surface area (Å²) in [6.07, 6.45) is 0.677. The van der Waals surface area contributed by atoms with Gasteiger partial charge in [0.1, 0.15) is 10.8 Å². The van der Waals surface area contributed by atoms with E-state index < -0.39 is 0 Å². The molecule has 3 nitrogen and oxygen atoms in total. The van der Waals surface area contributed by atoms with E-state index in [1.807, 2.05) is 54.6 Å². The predicted octanol–water partition coefficient (Wildman–Crippen LogP) is 5.84. The number of hydrogen-bond donors (Lipinski definition) is 1. The third kappa shape index (κ3) is 3.08. The number of halogens is 1. The van der Waals surface area contributed by atoms with Crippen LogP contribution in [0.3, 0.4) is 0 Å². The highest BCUT2D eigenvalue weighted by Gasteiger charge is 2.45. The zero-order chi connectivity index (χ0) is 19.1. The SMILES string of the molecule is O=C(Nc1ccccc1-c1nc2ccccc2s1)C1CC1c1ccccc1F. The first-order chi connectivity index (χ1) is 13.7. The van der Waals surface area contributed by atoms with Crippen LogP contribution in [0.1, 0.15) is 17.9 Å². The molecule has 28 heavy (non-hydrogen) atoms. The van der Waals surface area contributed by atoms with Crippen LogP contribution in [0.4, 0.5) is 10.1 Å². The molecule has 0 spiro atoms.